The summed E-state index contributed by atoms with van der Waals surface area (Å²) in [4.78, 5) is 29.5. The highest BCUT2D eigenvalue weighted by atomic mass is 31.2. The zero-order valence-corrected chi connectivity index (χ0v) is 14.5. The van der Waals surface area contributed by atoms with Crippen LogP contribution in [0.3, 0.4) is 0 Å². The van der Waals surface area contributed by atoms with Gasteiger partial charge in [-0.3, -0.25) is 9.36 Å². The van der Waals surface area contributed by atoms with Crippen molar-refractivity contribution in [1.29, 1.82) is 0 Å². The summed E-state index contributed by atoms with van der Waals surface area (Å²) in [6, 6.07) is -0.550. The second-order valence-electron chi connectivity index (χ2n) is 5.25. The third-order valence-electron chi connectivity index (χ3n) is 3.38. The Morgan fingerprint density at radius 3 is 2.32 bits per heavy atom. The molecule has 0 spiro atoms. The highest BCUT2D eigenvalue weighted by molar-refractivity contribution is 7.51. The van der Waals surface area contributed by atoms with E-state index >= 15 is 0 Å². The minimum absolute atomic E-state index is 0.238. The summed E-state index contributed by atoms with van der Waals surface area (Å²) in [6.45, 7) is 6.48. The van der Waals surface area contributed by atoms with Gasteiger partial charge in [-0.15, -0.1) is 0 Å². The number of nitrogens with one attached hydrogen (secondary N) is 1. The van der Waals surface area contributed by atoms with Crippen LogP contribution in [0.15, 0.2) is 0 Å². The molecule has 0 aromatic heterocycles. The van der Waals surface area contributed by atoms with Gasteiger partial charge >= 0.3 is 7.60 Å². The number of hydrogen-bond donors (Lipinski definition) is 4. The third-order valence-corrected chi connectivity index (χ3v) is 4.37. The predicted molar refractivity (Wildman–Crippen MR) is 83.7 cm³/mol. The first-order valence-corrected chi connectivity index (χ1v) is 9.25. The molecule has 0 rings (SSSR count). The molecule has 0 aromatic carbocycles. The lowest BCUT2D eigenvalue weighted by Gasteiger charge is -2.32. The summed E-state index contributed by atoms with van der Waals surface area (Å²) in [5.41, 5.74) is 4.56. The van der Waals surface area contributed by atoms with Crippen molar-refractivity contribution >= 4 is 13.5 Å². The summed E-state index contributed by atoms with van der Waals surface area (Å²) in [7, 11) is -4.13. The van der Waals surface area contributed by atoms with Crippen molar-refractivity contribution < 1.29 is 28.6 Å². The summed E-state index contributed by atoms with van der Waals surface area (Å²) in [5, 5.41) is 2.61. The van der Waals surface area contributed by atoms with Crippen LogP contribution in [-0.4, -0.2) is 59.9 Å². The number of rotatable bonds is 12. The fraction of sp³-hybridized carbons (Fsp3) is 0.923. The molecule has 1 atom stereocenters. The monoisotopic (exact) mass is 340 g/mol. The van der Waals surface area contributed by atoms with E-state index in [0.717, 1.165) is 0 Å². The van der Waals surface area contributed by atoms with Crippen LogP contribution in [0.1, 0.15) is 33.6 Å². The van der Waals surface area contributed by atoms with Gasteiger partial charge in [-0.25, -0.2) is 0 Å². The molecule has 1 amide bonds. The van der Waals surface area contributed by atoms with E-state index in [4.69, 9.17) is 25.0 Å². The molecule has 0 aliphatic rings. The molecular weight excluding hydrogens is 311 g/mol. The van der Waals surface area contributed by atoms with E-state index in [-0.39, 0.29) is 25.3 Å². The maximum absolute atomic E-state index is 11.2. The molecule has 22 heavy (non-hydrogen) atoms. The van der Waals surface area contributed by atoms with Gasteiger partial charge in [0.1, 0.15) is 0 Å². The normalized spacial score (nSPS) is 13.9. The first-order chi connectivity index (χ1) is 10.2. The van der Waals surface area contributed by atoms with Crippen molar-refractivity contribution in [1.82, 2.24) is 5.32 Å². The van der Waals surface area contributed by atoms with Gasteiger partial charge in [0.05, 0.1) is 37.6 Å². The first-order valence-electron chi connectivity index (χ1n) is 7.45. The number of hydrogen-bond acceptors (Lipinski definition) is 5. The Kier molecular flexibility index (Phi) is 10.1. The molecule has 132 valence electrons. The standard InChI is InChI=1S/C13H29N2O6P/c1-4-13(5-2,10-22(17,18)19)21-9-8-20-7-6-15-12(16)11(3)14/h11H,4-10,14H2,1-3H3,(H,15,16)(H2,17,18,19)/t11-/m0/s1. The van der Waals surface area contributed by atoms with Crippen molar-refractivity contribution in [2.24, 2.45) is 5.73 Å². The fourth-order valence-corrected chi connectivity index (χ4v) is 3.21. The second-order valence-corrected chi connectivity index (χ2v) is 6.90. The average Bonchev–Trinajstić information content (AvgIpc) is 2.43. The van der Waals surface area contributed by atoms with Crippen LogP contribution < -0.4 is 11.1 Å². The average molecular weight is 340 g/mol. The van der Waals surface area contributed by atoms with Crippen molar-refractivity contribution in [3.8, 4) is 0 Å². The van der Waals surface area contributed by atoms with Gasteiger partial charge in [-0.05, 0) is 19.8 Å². The van der Waals surface area contributed by atoms with Crippen LogP contribution >= 0.6 is 7.60 Å². The third kappa shape index (κ3) is 9.50. The Morgan fingerprint density at radius 1 is 1.27 bits per heavy atom. The topological polar surface area (TPSA) is 131 Å². The van der Waals surface area contributed by atoms with Crippen LogP contribution in [-0.2, 0) is 18.8 Å². The Labute approximate surface area is 131 Å². The van der Waals surface area contributed by atoms with Gasteiger partial charge in [0.2, 0.25) is 5.91 Å². The Balaban J connectivity index is 3.96. The minimum atomic E-state index is -4.13. The maximum Gasteiger partial charge on any atom is 0.328 e. The van der Waals surface area contributed by atoms with E-state index < -0.39 is 19.2 Å². The highest BCUT2D eigenvalue weighted by Gasteiger charge is 2.34. The summed E-state index contributed by atoms with van der Waals surface area (Å²) < 4.78 is 22.1. The lowest BCUT2D eigenvalue weighted by Crippen LogP contribution is -2.40. The Bertz CT molecular complexity index is 368. The molecule has 9 heteroatoms. The largest absolute Gasteiger partial charge is 0.377 e. The van der Waals surface area contributed by atoms with Gasteiger partial charge in [-0.2, -0.15) is 0 Å². The van der Waals surface area contributed by atoms with Crippen molar-refractivity contribution in [2.45, 2.75) is 45.3 Å². The number of nitrogens with two attached hydrogens (primary N) is 1. The quantitative estimate of drug-likeness (QED) is 0.295. The molecular formula is C13H29N2O6P. The molecule has 0 saturated heterocycles. The first kappa shape index (κ1) is 21.5. The van der Waals surface area contributed by atoms with Crippen molar-refractivity contribution in [2.75, 3.05) is 32.5 Å². The SMILES string of the molecule is CCC(CC)(CP(=O)(O)O)OCCOCCNC(=O)[C@H](C)N. The molecule has 0 aliphatic heterocycles. The molecule has 0 heterocycles. The zero-order valence-electron chi connectivity index (χ0n) is 13.6. The van der Waals surface area contributed by atoms with Crippen LogP contribution in [0, 0.1) is 0 Å². The number of amides is 1. The van der Waals surface area contributed by atoms with E-state index in [0.29, 0.717) is 26.0 Å². The molecule has 0 aromatic rings. The molecule has 0 bridgehead atoms. The van der Waals surface area contributed by atoms with E-state index in [2.05, 4.69) is 5.32 Å². The van der Waals surface area contributed by atoms with Crippen molar-refractivity contribution in [3.05, 3.63) is 0 Å². The predicted octanol–water partition coefficient (Wildman–Crippen LogP) is 0.220. The van der Waals surface area contributed by atoms with Gasteiger partial charge in [-0.1, -0.05) is 13.8 Å². The molecule has 0 unspecified atom stereocenters. The van der Waals surface area contributed by atoms with Gasteiger partial charge < -0.3 is 30.3 Å². The van der Waals surface area contributed by atoms with Crippen LogP contribution in [0.5, 0.6) is 0 Å². The van der Waals surface area contributed by atoms with Crippen LogP contribution in [0.4, 0.5) is 0 Å². The van der Waals surface area contributed by atoms with E-state index in [1.54, 1.807) is 6.92 Å². The molecule has 0 aliphatic carbocycles. The zero-order chi connectivity index (χ0) is 17.2. The van der Waals surface area contributed by atoms with Crippen molar-refractivity contribution in [3.63, 3.8) is 0 Å². The lowest BCUT2D eigenvalue weighted by molar-refractivity contribution is -0.122. The maximum atomic E-state index is 11.2. The van der Waals surface area contributed by atoms with E-state index in [1.807, 2.05) is 13.8 Å². The van der Waals surface area contributed by atoms with Crippen LogP contribution in [0.2, 0.25) is 0 Å². The summed E-state index contributed by atoms with van der Waals surface area (Å²) >= 11 is 0. The molecule has 8 nitrogen and oxygen atoms in total. The molecule has 5 N–H and O–H groups in total. The fourth-order valence-electron chi connectivity index (χ4n) is 1.93. The number of carbonyl (C=O) groups is 1. The smallest absolute Gasteiger partial charge is 0.328 e. The van der Waals surface area contributed by atoms with Gasteiger partial charge in [0.25, 0.3) is 0 Å². The Morgan fingerprint density at radius 2 is 1.86 bits per heavy atom. The summed E-state index contributed by atoms with van der Waals surface area (Å²) in [6.07, 6.45) is 0.732. The number of carbonyl (C=O) groups excluding carboxylic acids is 1. The van der Waals surface area contributed by atoms with Gasteiger partial charge in [0, 0.05) is 6.54 Å². The highest BCUT2D eigenvalue weighted by Crippen LogP contribution is 2.42. The van der Waals surface area contributed by atoms with Gasteiger partial charge in [0.15, 0.2) is 0 Å². The van der Waals surface area contributed by atoms with E-state index in [1.165, 1.54) is 0 Å². The van der Waals surface area contributed by atoms with E-state index in [9.17, 15) is 9.36 Å². The summed E-state index contributed by atoms with van der Waals surface area (Å²) in [5.74, 6) is -0.238. The lowest BCUT2D eigenvalue weighted by atomic mass is 10.00. The molecule has 0 saturated carbocycles. The minimum Gasteiger partial charge on any atom is -0.377 e. The molecule has 0 radical (unpaired) electrons. The van der Waals surface area contributed by atoms with Crippen LogP contribution in [0.25, 0.3) is 0 Å². The number of ether oxygens (including phenoxy) is 2. The Hall–Kier alpha value is -0.500. The molecule has 0 fully saturated rings. The second kappa shape index (κ2) is 10.3.